The average Bonchev–Trinajstić information content (AvgIpc) is 3.56. The quantitative estimate of drug-likeness (QED) is 0.175. The van der Waals surface area contributed by atoms with E-state index in [1.165, 1.54) is 13.2 Å². The number of sulfone groups is 1. The van der Waals surface area contributed by atoms with E-state index >= 15 is 0 Å². The molecule has 1 aliphatic heterocycles. The molecule has 1 aromatic carbocycles. The van der Waals surface area contributed by atoms with E-state index in [0.29, 0.717) is 53.2 Å². The van der Waals surface area contributed by atoms with Crippen molar-refractivity contribution in [2.45, 2.75) is 75.6 Å². The van der Waals surface area contributed by atoms with Gasteiger partial charge in [-0.2, -0.15) is 10.1 Å². The van der Waals surface area contributed by atoms with Gasteiger partial charge in [-0.25, -0.2) is 23.4 Å². The lowest BCUT2D eigenvalue weighted by atomic mass is 10.0. The summed E-state index contributed by atoms with van der Waals surface area (Å²) in [6.07, 6.45) is 4.04. The zero-order chi connectivity index (χ0) is 30.9. The molecule has 43 heavy (non-hydrogen) atoms. The maximum atomic E-state index is 13.9. The molecule has 1 aliphatic rings. The van der Waals surface area contributed by atoms with Crippen LogP contribution in [0.2, 0.25) is 0 Å². The number of ether oxygens (including phenoxy) is 2. The number of aryl methyl sites for hydroxylation is 2. The average molecular weight is 629 g/mol. The predicted molar refractivity (Wildman–Crippen MR) is 166 cm³/mol. The van der Waals surface area contributed by atoms with E-state index in [1.54, 1.807) is 29.9 Å². The molecule has 2 unspecified atom stereocenters. The van der Waals surface area contributed by atoms with Crippen LogP contribution < -0.4 is 19.8 Å². The summed E-state index contributed by atoms with van der Waals surface area (Å²) in [6, 6.07) is 5.04. The van der Waals surface area contributed by atoms with Crippen LogP contribution in [0.1, 0.15) is 52.7 Å². The van der Waals surface area contributed by atoms with Gasteiger partial charge in [0.25, 0.3) is 11.1 Å². The molecule has 1 saturated heterocycles. The number of piperidine rings is 1. The summed E-state index contributed by atoms with van der Waals surface area (Å²) in [5.74, 6) is 0.885. The van der Waals surface area contributed by atoms with Crippen LogP contribution in [0, 0.1) is 4.91 Å². The number of aromatic nitrogens is 5. The van der Waals surface area contributed by atoms with Crippen molar-refractivity contribution in [2.24, 2.45) is 12.3 Å². The number of nitrogens with one attached hydrogen (secondary N) is 1. The van der Waals surface area contributed by atoms with E-state index in [0.717, 1.165) is 28.5 Å². The molecule has 4 aromatic rings. The van der Waals surface area contributed by atoms with Crippen molar-refractivity contribution in [3.63, 3.8) is 0 Å². The van der Waals surface area contributed by atoms with Crippen LogP contribution >= 0.6 is 11.3 Å². The van der Waals surface area contributed by atoms with Crippen LogP contribution in [-0.2, 0) is 23.3 Å². The van der Waals surface area contributed by atoms with E-state index in [1.807, 2.05) is 20.8 Å². The molecule has 230 valence electrons. The van der Waals surface area contributed by atoms with E-state index in [-0.39, 0.29) is 33.9 Å². The summed E-state index contributed by atoms with van der Waals surface area (Å²) >= 11 is 1.13. The lowest BCUT2D eigenvalue weighted by Crippen LogP contribution is -2.46. The van der Waals surface area contributed by atoms with Gasteiger partial charge in [-0.3, -0.25) is 4.68 Å². The third-order valence-corrected chi connectivity index (χ3v) is 10.5. The molecule has 3 aromatic heterocycles. The van der Waals surface area contributed by atoms with Crippen molar-refractivity contribution >= 4 is 37.2 Å². The highest BCUT2D eigenvalue weighted by Crippen LogP contribution is 2.39. The van der Waals surface area contributed by atoms with Gasteiger partial charge >= 0.3 is 0 Å². The van der Waals surface area contributed by atoms with Crippen LogP contribution in [-0.4, -0.2) is 64.1 Å². The first-order chi connectivity index (χ1) is 20.5. The minimum absolute atomic E-state index is 0.0900. The number of nitroso groups, excluding NO2 is 1. The van der Waals surface area contributed by atoms with Gasteiger partial charge in [0.05, 0.1) is 39.5 Å². The summed E-state index contributed by atoms with van der Waals surface area (Å²) in [5, 5.41) is 12.4. The van der Waals surface area contributed by atoms with Gasteiger partial charge in [0, 0.05) is 26.2 Å². The lowest BCUT2D eigenvalue weighted by molar-refractivity contribution is 0.341. The van der Waals surface area contributed by atoms with Crippen LogP contribution in [0.5, 0.6) is 16.8 Å². The second-order valence-corrected chi connectivity index (χ2v) is 13.9. The molecule has 0 amide bonds. The Morgan fingerprint density at radius 3 is 2.60 bits per heavy atom. The van der Waals surface area contributed by atoms with Crippen molar-refractivity contribution in [1.82, 2.24) is 30.0 Å². The second kappa shape index (κ2) is 12.5. The first kappa shape index (κ1) is 30.8. The van der Waals surface area contributed by atoms with Gasteiger partial charge in [0.2, 0.25) is 0 Å². The Morgan fingerprint density at radius 1 is 1.19 bits per heavy atom. The molecule has 13 nitrogen and oxygen atoms in total. The first-order valence-corrected chi connectivity index (χ1v) is 16.6. The highest BCUT2D eigenvalue weighted by atomic mass is 32.2. The highest BCUT2D eigenvalue weighted by Gasteiger charge is 2.35. The monoisotopic (exact) mass is 628 g/mol. The van der Waals surface area contributed by atoms with Gasteiger partial charge in [-0.05, 0) is 58.2 Å². The molecule has 0 saturated carbocycles. The Labute approximate surface area is 254 Å². The molecule has 2 atom stereocenters. The van der Waals surface area contributed by atoms with Gasteiger partial charge in [-0.15, -0.1) is 4.91 Å². The molecule has 1 fully saturated rings. The third-order valence-electron chi connectivity index (χ3n) is 7.37. The zero-order valence-corrected chi connectivity index (χ0v) is 26.7. The minimum atomic E-state index is -3.66. The fourth-order valence-corrected chi connectivity index (χ4v) is 8.15. The molecule has 5 rings (SSSR count). The van der Waals surface area contributed by atoms with E-state index in [9.17, 15) is 13.3 Å². The molecule has 15 heteroatoms. The summed E-state index contributed by atoms with van der Waals surface area (Å²) in [5.41, 5.74) is 2.34. The fraction of sp³-hybridized carbons (Fsp3) is 0.500. The largest absolute Gasteiger partial charge is 0.493 e. The number of nitrogens with zero attached hydrogens (tertiary/aromatic N) is 7. The number of anilines is 1. The van der Waals surface area contributed by atoms with Crippen molar-refractivity contribution in [1.29, 1.82) is 0 Å². The van der Waals surface area contributed by atoms with E-state index < -0.39 is 15.1 Å². The Hall–Kier alpha value is -3.69. The minimum Gasteiger partial charge on any atom is -0.493 e. The summed E-state index contributed by atoms with van der Waals surface area (Å²) in [4.78, 5) is 25.1. The summed E-state index contributed by atoms with van der Waals surface area (Å²) in [6.45, 7) is 8.29. The Balaban J connectivity index is 1.66. The molecule has 0 radical (unpaired) electrons. The normalized spacial score (nSPS) is 19.0. The van der Waals surface area contributed by atoms with Crippen LogP contribution in [0.15, 0.2) is 34.6 Å². The number of hydrogen-bond acceptors (Lipinski definition) is 12. The van der Waals surface area contributed by atoms with E-state index in [4.69, 9.17) is 19.4 Å². The molecular formula is C28H36N8O5S2. The van der Waals surface area contributed by atoms with Crippen LogP contribution in [0.4, 0.5) is 5.00 Å². The number of rotatable bonds is 11. The molecule has 0 bridgehead atoms. The zero-order valence-electron chi connectivity index (χ0n) is 25.1. The van der Waals surface area contributed by atoms with Crippen molar-refractivity contribution < 1.29 is 17.9 Å². The van der Waals surface area contributed by atoms with Gasteiger partial charge < -0.3 is 14.8 Å². The standard InChI is InChI=1S/C28H36N8O5S2/c1-7-9-21-24-25(36(6)33-21)27(41-28-29-15-23(42-28)35(5)34-37)32-26(31-24)20-14-18(10-11-22(20)40-8-2)43(38,39)19-12-16(3)30-17(4)13-19/h10-11,14-17,19,30H,7-9,12-13H2,1-6H3. The van der Waals surface area contributed by atoms with Crippen LogP contribution in [0.25, 0.3) is 22.4 Å². The van der Waals surface area contributed by atoms with Crippen molar-refractivity contribution in [3.05, 3.63) is 35.0 Å². The number of benzene rings is 1. The lowest BCUT2D eigenvalue weighted by Gasteiger charge is -2.32. The highest BCUT2D eigenvalue weighted by molar-refractivity contribution is 7.92. The number of thiazole rings is 1. The van der Waals surface area contributed by atoms with Crippen LogP contribution in [0.3, 0.4) is 0 Å². The number of hydrogen-bond donors (Lipinski definition) is 1. The molecule has 4 heterocycles. The third kappa shape index (κ3) is 6.19. The Morgan fingerprint density at radius 2 is 1.93 bits per heavy atom. The first-order valence-electron chi connectivity index (χ1n) is 14.3. The topological polar surface area (TPSA) is 154 Å². The smallest absolute Gasteiger partial charge is 0.282 e. The SMILES string of the molecule is CCCc1nn(C)c2c(Oc3ncc(N(C)N=O)s3)nc(-c3cc(S(=O)(=O)C4CC(C)NC(C)C4)ccc3OCC)nc12. The Kier molecular flexibility index (Phi) is 8.94. The van der Waals surface area contributed by atoms with Gasteiger partial charge in [0.1, 0.15) is 21.8 Å². The summed E-state index contributed by atoms with van der Waals surface area (Å²) < 4.78 is 41.5. The summed E-state index contributed by atoms with van der Waals surface area (Å²) in [7, 11) is -0.353. The molecule has 0 spiro atoms. The Bertz CT molecular complexity index is 1730. The van der Waals surface area contributed by atoms with Crippen molar-refractivity contribution in [2.75, 3.05) is 18.7 Å². The molecule has 1 N–H and O–H groups in total. The van der Waals surface area contributed by atoms with Gasteiger partial charge in [0.15, 0.2) is 15.7 Å². The second-order valence-electron chi connectivity index (χ2n) is 10.7. The maximum absolute atomic E-state index is 13.9. The number of fused-ring (bicyclic) bond motifs is 1. The fourth-order valence-electron chi connectivity index (χ4n) is 5.47. The van der Waals surface area contributed by atoms with Gasteiger partial charge in [-0.1, -0.05) is 24.7 Å². The maximum Gasteiger partial charge on any atom is 0.282 e. The van der Waals surface area contributed by atoms with E-state index in [2.05, 4.69) is 27.6 Å². The molecular weight excluding hydrogens is 592 g/mol. The molecule has 0 aliphatic carbocycles. The van der Waals surface area contributed by atoms with Crippen molar-refractivity contribution in [3.8, 4) is 28.2 Å². The predicted octanol–water partition coefficient (Wildman–Crippen LogP) is 5.05.